The summed E-state index contributed by atoms with van der Waals surface area (Å²) in [4.78, 5) is 17.5. The summed E-state index contributed by atoms with van der Waals surface area (Å²) in [5.74, 6) is -1.41. The van der Waals surface area contributed by atoms with Gasteiger partial charge in [0.25, 0.3) is 0 Å². The number of amides is 1. The second-order valence-electron chi connectivity index (χ2n) is 6.16. The van der Waals surface area contributed by atoms with Crippen LogP contribution in [0.2, 0.25) is 0 Å². The number of nitrogens with one attached hydrogen (secondary N) is 1. The van der Waals surface area contributed by atoms with Gasteiger partial charge in [0, 0.05) is 12.6 Å². The molecule has 1 aromatic carbocycles. The van der Waals surface area contributed by atoms with Gasteiger partial charge in [0.05, 0.1) is 11.6 Å². The molecule has 0 unspecified atom stereocenters. The van der Waals surface area contributed by atoms with Crippen LogP contribution in [0.3, 0.4) is 0 Å². The van der Waals surface area contributed by atoms with Crippen molar-refractivity contribution in [3.63, 3.8) is 0 Å². The van der Waals surface area contributed by atoms with Crippen molar-refractivity contribution in [1.82, 2.24) is 9.97 Å². The first-order valence-corrected chi connectivity index (χ1v) is 8.64. The Hall–Kier alpha value is -3.26. The Morgan fingerprint density at radius 1 is 0.848 bits per heavy atom. The molecule has 0 atom stereocenters. The van der Waals surface area contributed by atoms with Crippen LogP contribution in [0.4, 0.5) is 45.2 Å². The van der Waals surface area contributed by atoms with Gasteiger partial charge >= 0.3 is 18.5 Å². The van der Waals surface area contributed by atoms with E-state index in [0.29, 0.717) is 5.69 Å². The number of hydrogen-bond donors (Lipinski definition) is 1. The quantitative estimate of drug-likeness (QED) is 0.570. The maximum Gasteiger partial charge on any atom is 0.422 e. The van der Waals surface area contributed by atoms with Crippen molar-refractivity contribution in [2.45, 2.75) is 32.4 Å². The Morgan fingerprint density at radius 3 is 1.61 bits per heavy atom. The molecule has 1 heterocycles. The molecule has 0 bridgehead atoms. The minimum absolute atomic E-state index is 0.0724. The van der Waals surface area contributed by atoms with Crippen LogP contribution >= 0.6 is 0 Å². The molecular formula is C18H16F9N3O3. The molecule has 33 heavy (non-hydrogen) atoms. The summed E-state index contributed by atoms with van der Waals surface area (Å²) in [5, 5.41) is 2.38. The van der Waals surface area contributed by atoms with Gasteiger partial charge in [0.2, 0.25) is 17.7 Å². The number of aromatic nitrogens is 2. The molecule has 6 nitrogen and oxygen atoms in total. The molecule has 1 N–H and O–H groups in total. The van der Waals surface area contributed by atoms with E-state index in [4.69, 9.17) is 0 Å². The lowest BCUT2D eigenvalue weighted by atomic mass is 10.2. The highest BCUT2D eigenvalue weighted by Crippen LogP contribution is 2.29. The summed E-state index contributed by atoms with van der Waals surface area (Å²) in [6, 6.07) is 5.02. The van der Waals surface area contributed by atoms with Gasteiger partial charge in [0.1, 0.15) is 5.82 Å². The molecule has 184 valence electrons. The standard InChI is InChI=1S/C9H8F6N2O2.C9H8F3NO/c1-5-16-6(18-3-8(10,11)12)2-7(17-5)19-4-9(13,14)15;1-6(14)13-8-4-2-7(3-5-8)9(10,11)12/h2H,3-4H2,1H3;2-5H,1H3,(H,13,14). The van der Waals surface area contributed by atoms with Gasteiger partial charge in [-0.1, -0.05) is 0 Å². The number of aryl methyl sites for hydroxylation is 1. The van der Waals surface area contributed by atoms with Crippen molar-refractivity contribution in [3.8, 4) is 11.8 Å². The van der Waals surface area contributed by atoms with Gasteiger partial charge in [-0.2, -0.15) is 49.5 Å². The molecule has 0 aliphatic carbocycles. The van der Waals surface area contributed by atoms with Gasteiger partial charge in [-0.05, 0) is 31.2 Å². The highest BCUT2D eigenvalue weighted by atomic mass is 19.4. The fraction of sp³-hybridized carbons (Fsp3) is 0.389. The molecule has 0 saturated heterocycles. The summed E-state index contributed by atoms with van der Waals surface area (Å²) in [6.45, 7) is -0.650. The van der Waals surface area contributed by atoms with E-state index in [1.54, 1.807) is 0 Å². The molecule has 0 spiro atoms. The fourth-order valence-electron chi connectivity index (χ4n) is 1.92. The number of anilines is 1. The molecule has 0 fully saturated rings. The number of halogens is 9. The van der Waals surface area contributed by atoms with Crippen molar-refractivity contribution in [2.24, 2.45) is 0 Å². The van der Waals surface area contributed by atoms with Gasteiger partial charge in [-0.15, -0.1) is 0 Å². The Morgan fingerprint density at radius 2 is 1.27 bits per heavy atom. The lowest BCUT2D eigenvalue weighted by Crippen LogP contribution is -2.21. The maximum absolute atomic E-state index is 12.1. The van der Waals surface area contributed by atoms with E-state index in [0.717, 1.165) is 18.2 Å². The van der Waals surface area contributed by atoms with Crippen LogP contribution < -0.4 is 14.8 Å². The van der Waals surface area contributed by atoms with E-state index < -0.39 is 49.1 Å². The zero-order valence-corrected chi connectivity index (χ0v) is 16.8. The number of hydrogen-bond acceptors (Lipinski definition) is 5. The van der Waals surface area contributed by atoms with Crippen molar-refractivity contribution in [1.29, 1.82) is 0 Å². The third-order valence-electron chi connectivity index (χ3n) is 3.09. The molecule has 1 aromatic heterocycles. The largest absolute Gasteiger partial charge is 0.468 e. The molecular weight excluding hydrogens is 477 g/mol. The molecule has 2 rings (SSSR count). The number of carbonyl (C=O) groups excluding carboxylic acids is 1. The number of ether oxygens (including phenoxy) is 2. The SMILES string of the molecule is CC(=O)Nc1ccc(C(F)(F)F)cc1.Cc1nc(OCC(F)(F)F)cc(OCC(F)(F)F)n1. The summed E-state index contributed by atoms with van der Waals surface area (Å²) in [7, 11) is 0. The average Bonchev–Trinajstić information content (AvgIpc) is 2.63. The monoisotopic (exact) mass is 493 g/mol. The van der Waals surface area contributed by atoms with Gasteiger partial charge in [0.15, 0.2) is 13.2 Å². The van der Waals surface area contributed by atoms with Crippen molar-refractivity contribution < 1.29 is 53.8 Å². The zero-order chi connectivity index (χ0) is 25.4. The predicted molar refractivity (Wildman–Crippen MR) is 95.6 cm³/mol. The number of nitrogens with zero attached hydrogens (tertiary/aromatic N) is 2. The topological polar surface area (TPSA) is 73.3 Å². The van der Waals surface area contributed by atoms with Crippen LogP contribution in [-0.2, 0) is 11.0 Å². The highest BCUT2D eigenvalue weighted by molar-refractivity contribution is 5.88. The fourth-order valence-corrected chi connectivity index (χ4v) is 1.92. The minimum Gasteiger partial charge on any atom is -0.468 e. The number of carbonyl (C=O) groups is 1. The summed E-state index contributed by atoms with van der Waals surface area (Å²) in [5.41, 5.74) is -0.378. The highest BCUT2D eigenvalue weighted by Gasteiger charge is 2.31. The lowest BCUT2D eigenvalue weighted by Gasteiger charge is -2.11. The molecule has 15 heteroatoms. The summed E-state index contributed by atoms with van der Waals surface area (Å²) < 4.78 is 116. The normalized spacial score (nSPS) is 11.8. The van der Waals surface area contributed by atoms with Crippen molar-refractivity contribution >= 4 is 11.6 Å². The average molecular weight is 493 g/mol. The summed E-state index contributed by atoms with van der Waals surface area (Å²) in [6.07, 6.45) is -13.5. The van der Waals surface area contributed by atoms with Gasteiger partial charge < -0.3 is 14.8 Å². The second-order valence-corrected chi connectivity index (χ2v) is 6.16. The van der Waals surface area contributed by atoms with Crippen LogP contribution in [0.5, 0.6) is 11.8 Å². The maximum atomic E-state index is 12.1. The number of rotatable bonds is 5. The molecule has 0 saturated carbocycles. The Labute approximate surface area is 180 Å². The van der Waals surface area contributed by atoms with Crippen LogP contribution in [0.1, 0.15) is 18.3 Å². The third-order valence-corrected chi connectivity index (χ3v) is 3.09. The summed E-state index contributed by atoms with van der Waals surface area (Å²) >= 11 is 0. The molecule has 0 radical (unpaired) electrons. The number of alkyl halides is 9. The van der Waals surface area contributed by atoms with Gasteiger partial charge in [-0.25, -0.2) is 0 Å². The zero-order valence-electron chi connectivity index (χ0n) is 16.8. The Kier molecular flexibility index (Phi) is 9.30. The first kappa shape index (κ1) is 27.8. The first-order chi connectivity index (χ1) is 14.9. The molecule has 0 aliphatic rings. The molecule has 2 aromatic rings. The van der Waals surface area contributed by atoms with E-state index in [1.807, 2.05) is 0 Å². The van der Waals surface area contributed by atoms with Gasteiger partial charge in [-0.3, -0.25) is 4.79 Å². The lowest BCUT2D eigenvalue weighted by molar-refractivity contribution is -0.154. The smallest absolute Gasteiger partial charge is 0.422 e. The molecule has 1 amide bonds. The van der Waals surface area contributed by atoms with Crippen molar-refractivity contribution in [3.05, 3.63) is 41.7 Å². The van der Waals surface area contributed by atoms with Crippen LogP contribution in [-0.4, -0.2) is 41.4 Å². The van der Waals surface area contributed by atoms with Crippen molar-refractivity contribution in [2.75, 3.05) is 18.5 Å². The van der Waals surface area contributed by atoms with Crippen LogP contribution in [0, 0.1) is 6.92 Å². The minimum atomic E-state index is -4.58. The third kappa shape index (κ3) is 12.4. The van der Waals surface area contributed by atoms with E-state index in [1.165, 1.54) is 26.0 Å². The predicted octanol–water partition coefficient (Wildman–Crippen LogP) is 5.33. The Balaban J connectivity index is 0.000000346. The van der Waals surface area contributed by atoms with E-state index in [-0.39, 0.29) is 11.7 Å². The number of benzene rings is 1. The second kappa shape index (κ2) is 11.0. The van der Waals surface area contributed by atoms with Crippen LogP contribution in [0.15, 0.2) is 30.3 Å². The Bertz CT molecular complexity index is 875. The van der Waals surface area contributed by atoms with E-state index >= 15 is 0 Å². The van der Waals surface area contributed by atoms with E-state index in [9.17, 15) is 44.3 Å². The van der Waals surface area contributed by atoms with E-state index in [2.05, 4.69) is 24.8 Å². The van der Waals surface area contributed by atoms with Crippen LogP contribution in [0.25, 0.3) is 0 Å². The molecule has 0 aliphatic heterocycles. The first-order valence-electron chi connectivity index (χ1n) is 8.64.